The average molecular weight is 744 g/mol. The van der Waals surface area contributed by atoms with E-state index < -0.39 is 32.2 Å². The number of esters is 1. The number of carbonyl (C=O) groups is 3. The minimum Gasteiger partial charge on any atom is -0.441 e. The molecule has 52 heavy (non-hydrogen) atoms. The normalized spacial score (nSPS) is 24.7. The maximum absolute atomic E-state index is 14.8. The van der Waals surface area contributed by atoms with Crippen LogP contribution in [-0.2, 0) is 42.5 Å². The van der Waals surface area contributed by atoms with Gasteiger partial charge in [0.05, 0.1) is 43.0 Å². The molecule has 7 rings (SSSR count). The van der Waals surface area contributed by atoms with Crippen molar-refractivity contribution in [2.24, 2.45) is 5.92 Å². The number of benzene rings is 3. The number of rotatable bonds is 11. The standard InChI is InChI=1S/C38H42ClN5O7Si/c1-23-36(52(3,4)49)33(16-17-42-21-31(40-41-42)29(22-45)26-8-6-5-7-9-26)51-38(23)30-18-27(39)12-15-32(30)43(37(38)48)20-25-10-13-28(14-11-25)44-34(47)19-35(44)50-24(2)46/h5-15,18,21,23,29,33,35-36,45,49H,16-17,19-20,22H2,1-4H3/t23-,29?,33+,35?,36-,38+/m1/s1. The van der Waals surface area contributed by atoms with Crippen molar-refractivity contribution in [1.29, 1.82) is 0 Å². The van der Waals surface area contributed by atoms with Crippen LogP contribution in [0.3, 0.4) is 0 Å². The molecule has 3 aliphatic rings. The molecule has 1 aromatic heterocycles. The Morgan fingerprint density at radius 2 is 1.85 bits per heavy atom. The van der Waals surface area contributed by atoms with E-state index in [4.69, 9.17) is 21.1 Å². The number of aryl methyl sites for hydroxylation is 1. The fourth-order valence-electron chi connectivity index (χ4n) is 8.30. The van der Waals surface area contributed by atoms with E-state index in [0.717, 1.165) is 11.1 Å². The van der Waals surface area contributed by atoms with Crippen molar-refractivity contribution in [2.75, 3.05) is 16.4 Å². The topological polar surface area (TPSA) is 147 Å². The first-order valence-electron chi connectivity index (χ1n) is 17.5. The zero-order valence-corrected chi connectivity index (χ0v) is 31.2. The monoisotopic (exact) mass is 743 g/mol. The molecule has 6 atom stereocenters. The summed E-state index contributed by atoms with van der Waals surface area (Å²) < 4.78 is 13.9. The van der Waals surface area contributed by atoms with Gasteiger partial charge in [-0.05, 0) is 61.0 Å². The Hall–Kier alpha value is -4.40. The lowest BCUT2D eigenvalue weighted by Gasteiger charge is -2.39. The zero-order chi connectivity index (χ0) is 36.9. The molecule has 0 aliphatic carbocycles. The number of nitrogens with zero attached hydrogens (tertiary/aromatic N) is 5. The van der Waals surface area contributed by atoms with E-state index >= 15 is 0 Å². The molecule has 3 aromatic carbocycles. The van der Waals surface area contributed by atoms with Crippen molar-refractivity contribution in [2.45, 2.75) is 82.3 Å². The predicted octanol–water partition coefficient (Wildman–Crippen LogP) is 5.12. The summed E-state index contributed by atoms with van der Waals surface area (Å²) >= 11 is 6.57. The van der Waals surface area contributed by atoms with E-state index in [0.29, 0.717) is 40.6 Å². The molecule has 2 unspecified atom stereocenters. The molecule has 14 heteroatoms. The lowest BCUT2D eigenvalue weighted by Crippen LogP contribution is -2.54. The molecule has 2 amide bonds. The molecule has 0 bridgehead atoms. The highest BCUT2D eigenvalue weighted by atomic mass is 35.5. The Bertz CT molecular complexity index is 1990. The SMILES string of the molecule is CC(=O)OC1CC(=O)N1c1ccc(CN2C(=O)[C@@]3(O[C@@H](CCn4cc(C(CO)c5ccccc5)nn4)[C@H]([Si](C)(C)O)[C@H]3C)c3cc(Cl)ccc32)cc1. The number of hydrogen-bond donors (Lipinski definition) is 2. The Morgan fingerprint density at radius 3 is 2.50 bits per heavy atom. The second kappa shape index (κ2) is 13.9. The van der Waals surface area contributed by atoms with Crippen LogP contribution in [0.25, 0.3) is 0 Å². The van der Waals surface area contributed by atoms with Gasteiger partial charge in [0.2, 0.25) is 5.91 Å². The number of amides is 2. The first kappa shape index (κ1) is 36.0. The largest absolute Gasteiger partial charge is 0.441 e. The van der Waals surface area contributed by atoms with Crippen molar-refractivity contribution in [3.8, 4) is 0 Å². The third-order valence-electron chi connectivity index (χ3n) is 10.6. The third-order valence-corrected chi connectivity index (χ3v) is 13.4. The fraction of sp³-hybridized carbons (Fsp3) is 0.395. The summed E-state index contributed by atoms with van der Waals surface area (Å²) in [4.78, 5) is 53.5. The second-order valence-corrected chi connectivity index (χ2v) is 18.9. The Morgan fingerprint density at radius 1 is 1.12 bits per heavy atom. The minimum atomic E-state index is -2.91. The van der Waals surface area contributed by atoms with Crippen LogP contribution in [0.5, 0.6) is 0 Å². The number of carbonyl (C=O) groups excluding carboxylic acids is 3. The number of ether oxygens (including phenoxy) is 2. The average Bonchev–Trinajstić information content (AvgIpc) is 3.75. The summed E-state index contributed by atoms with van der Waals surface area (Å²) in [6.45, 7) is 7.62. The highest BCUT2D eigenvalue weighted by Crippen LogP contribution is 2.60. The van der Waals surface area contributed by atoms with E-state index in [9.17, 15) is 24.3 Å². The summed E-state index contributed by atoms with van der Waals surface area (Å²) in [6, 6.07) is 22.3. The second-order valence-electron chi connectivity index (χ2n) is 14.5. The quantitative estimate of drug-likeness (QED) is 0.121. The zero-order valence-electron chi connectivity index (χ0n) is 29.5. The van der Waals surface area contributed by atoms with Crippen LogP contribution >= 0.6 is 11.6 Å². The third kappa shape index (κ3) is 6.34. The fourth-order valence-corrected chi connectivity index (χ4v) is 11.1. The van der Waals surface area contributed by atoms with Gasteiger partial charge < -0.3 is 24.3 Å². The summed E-state index contributed by atoms with van der Waals surface area (Å²) in [5.74, 6) is -1.51. The molecule has 2 fully saturated rings. The van der Waals surface area contributed by atoms with Crippen molar-refractivity contribution in [3.63, 3.8) is 0 Å². The van der Waals surface area contributed by atoms with Crippen LogP contribution in [0.15, 0.2) is 79.0 Å². The van der Waals surface area contributed by atoms with E-state index in [1.165, 1.54) is 11.8 Å². The lowest BCUT2D eigenvalue weighted by atomic mass is 9.82. The molecular weight excluding hydrogens is 702 g/mol. The van der Waals surface area contributed by atoms with Gasteiger partial charge in [-0.15, -0.1) is 5.10 Å². The lowest BCUT2D eigenvalue weighted by molar-refractivity contribution is -0.154. The molecule has 2 N–H and O–H groups in total. The van der Waals surface area contributed by atoms with Gasteiger partial charge in [0.25, 0.3) is 5.91 Å². The van der Waals surface area contributed by atoms with Gasteiger partial charge in [-0.3, -0.25) is 24.0 Å². The summed E-state index contributed by atoms with van der Waals surface area (Å²) in [6.07, 6.45) is 1.34. The molecule has 1 spiro atoms. The molecule has 4 heterocycles. The molecular formula is C38H42ClN5O7Si. The maximum Gasteiger partial charge on any atom is 0.304 e. The van der Waals surface area contributed by atoms with E-state index in [1.807, 2.05) is 74.7 Å². The van der Waals surface area contributed by atoms with E-state index in [2.05, 4.69) is 10.3 Å². The van der Waals surface area contributed by atoms with E-state index in [1.54, 1.807) is 33.8 Å². The van der Waals surface area contributed by atoms with Crippen LogP contribution in [-0.4, -0.2) is 69.9 Å². The summed E-state index contributed by atoms with van der Waals surface area (Å²) in [7, 11) is -2.91. The van der Waals surface area contributed by atoms with Crippen molar-refractivity contribution >= 4 is 49.1 Å². The Balaban J connectivity index is 1.14. The van der Waals surface area contributed by atoms with Gasteiger partial charge in [0.1, 0.15) is 0 Å². The van der Waals surface area contributed by atoms with Gasteiger partial charge in [-0.1, -0.05) is 66.2 Å². The maximum atomic E-state index is 14.8. The number of β-lactam (4-membered cyclic amide) rings is 1. The molecule has 272 valence electrons. The smallest absolute Gasteiger partial charge is 0.304 e. The van der Waals surface area contributed by atoms with Crippen molar-refractivity contribution in [3.05, 3.63) is 106 Å². The molecule has 4 aromatic rings. The number of aliphatic hydroxyl groups excluding tert-OH is 1. The van der Waals surface area contributed by atoms with Crippen LogP contribution in [0, 0.1) is 5.92 Å². The molecule has 0 saturated carbocycles. The molecule has 2 saturated heterocycles. The summed E-state index contributed by atoms with van der Waals surface area (Å²) in [5, 5.41) is 19.3. The molecule has 0 radical (unpaired) electrons. The van der Waals surface area contributed by atoms with Crippen LogP contribution in [0.4, 0.5) is 11.4 Å². The highest BCUT2D eigenvalue weighted by molar-refractivity contribution is 6.71. The van der Waals surface area contributed by atoms with Crippen molar-refractivity contribution in [1.82, 2.24) is 15.0 Å². The number of anilines is 2. The summed E-state index contributed by atoms with van der Waals surface area (Å²) in [5.41, 5.74) is 2.71. The van der Waals surface area contributed by atoms with Crippen LogP contribution < -0.4 is 9.80 Å². The number of halogens is 1. The minimum absolute atomic E-state index is 0.111. The van der Waals surface area contributed by atoms with Gasteiger partial charge in [-0.25, -0.2) is 0 Å². The van der Waals surface area contributed by atoms with Gasteiger partial charge >= 0.3 is 5.97 Å². The van der Waals surface area contributed by atoms with Crippen LogP contribution in [0.2, 0.25) is 23.7 Å². The first-order valence-corrected chi connectivity index (χ1v) is 20.9. The predicted molar refractivity (Wildman–Crippen MR) is 196 cm³/mol. The molecule has 3 aliphatic heterocycles. The van der Waals surface area contributed by atoms with Crippen molar-refractivity contribution < 1.29 is 33.8 Å². The first-order chi connectivity index (χ1) is 24.8. The highest BCUT2D eigenvalue weighted by Gasteiger charge is 2.66. The van der Waals surface area contributed by atoms with Crippen LogP contribution in [0.1, 0.15) is 55.0 Å². The number of aliphatic hydroxyl groups is 1. The number of fused-ring (bicyclic) bond motifs is 2. The van der Waals surface area contributed by atoms with E-state index in [-0.39, 0.29) is 48.8 Å². The molecule has 12 nitrogen and oxygen atoms in total. The Kier molecular flexibility index (Phi) is 9.59. The number of hydrogen-bond acceptors (Lipinski definition) is 9. The van der Waals surface area contributed by atoms with Gasteiger partial charge in [-0.2, -0.15) is 0 Å². The van der Waals surface area contributed by atoms with Gasteiger partial charge in [0, 0.05) is 47.4 Å². The Labute approximate surface area is 308 Å². The van der Waals surface area contributed by atoms with Gasteiger partial charge in [0.15, 0.2) is 20.1 Å². The number of aromatic nitrogens is 3.